The molecule has 0 saturated carbocycles. The Balaban J connectivity index is 2.27. The van der Waals surface area contributed by atoms with Crippen LogP contribution in [0.15, 0.2) is 42.5 Å². The van der Waals surface area contributed by atoms with Gasteiger partial charge in [-0.25, -0.2) is 8.42 Å². The summed E-state index contributed by atoms with van der Waals surface area (Å²) >= 11 is 12.6. The zero-order valence-electron chi connectivity index (χ0n) is 20.3. The smallest absolute Gasteiger partial charge is 0.242 e. The summed E-state index contributed by atoms with van der Waals surface area (Å²) in [5.74, 6) is -0.217. The SMILES string of the molecule is CC[C@@H](C(=O)NC)N(Cc1c(Cl)cccc1Cl)C(=O)CCCN(c1ccccc1OC)S(C)(=O)=O. The number of benzene rings is 2. The highest BCUT2D eigenvalue weighted by atomic mass is 35.5. The molecule has 192 valence electrons. The largest absolute Gasteiger partial charge is 0.495 e. The van der Waals surface area contributed by atoms with E-state index in [4.69, 9.17) is 27.9 Å². The highest BCUT2D eigenvalue weighted by molar-refractivity contribution is 7.92. The molecule has 0 aromatic heterocycles. The average Bonchev–Trinajstić information content (AvgIpc) is 2.82. The third kappa shape index (κ3) is 7.49. The molecule has 2 amide bonds. The molecule has 8 nitrogen and oxygen atoms in total. The molecule has 11 heteroatoms. The predicted octanol–water partition coefficient (Wildman–Crippen LogP) is 4.10. The number of carbonyl (C=O) groups is 2. The summed E-state index contributed by atoms with van der Waals surface area (Å²) < 4.78 is 31.5. The molecule has 2 aromatic rings. The molecule has 0 spiro atoms. The van der Waals surface area contributed by atoms with Crippen molar-refractivity contribution >= 4 is 50.7 Å². The normalized spacial score (nSPS) is 12.1. The van der Waals surface area contributed by atoms with Crippen LogP contribution in [-0.2, 0) is 26.2 Å². The molecule has 0 fully saturated rings. The van der Waals surface area contributed by atoms with Crippen LogP contribution in [0.1, 0.15) is 31.7 Å². The lowest BCUT2D eigenvalue weighted by Crippen LogP contribution is -2.48. The fourth-order valence-electron chi connectivity index (χ4n) is 3.76. The van der Waals surface area contributed by atoms with Crippen LogP contribution in [0.25, 0.3) is 0 Å². The first-order valence-corrected chi connectivity index (χ1v) is 13.7. The number of para-hydroxylation sites is 2. The molecule has 0 aliphatic carbocycles. The van der Waals surface area contributed by atoms with Gasteiger partial charge in [0.05, 0.1) is 19.1 Å². The molecule has 1 atom stereocenters. The summed E-state index contributed by atoms with van der Waals surface area (Å²) in [6.45, 7) is 1.91. The molecule has 1 N–H and O–H groups in total. The Hall–Kier alpha value is -2.49. The van der Waals surface area contributed by atoms with Crippen molar-refractivity contribution in [3.05, 3.63) is 58.1 Å². The summed E-state index contributed by atoms with van der Waals surface area (Å²) in [5.41, 5.74) is 0.930. The van der Waals surface area contributed by atoms with Crippen LogP contribution in [0.5, 0.6) is 5.75 Å². The molecule has 0 saturated heterocycles. The van der Waals surface area contributed by atoms with Crippen LogP contribution >= 0.6 is 23.2 Å². The fourth-order valence-corrected chi connectivity index (χ4v) is 5.24. The Bertz CT molecular complexity index is 1120. The third-order valence-electron chi connectivity index (χ3n) is 5.53. The second-order valence-electron chi connectivity index (χ2n) is 7.87. The van der Waals surface area contributed by atoms with E-state index in [1.165, 1.54) is 23.4 Å². The zero-order valence-corrected chi connectivity index (χ0v) is 22.6. The van der Waals surface area contributed by atoms with Crippen molar-refractivity contribution in [3.8, 4) is 5.75 Å². The minimum absolute atomic E-state index is 0.0106. The fraction of sp³-hybridized carbons (Fsp3) is 0.417. The lowest BCUT2D eigenvalue weighted by atomic mass is 10.1. The minimum atomic E-state index is -3.64. The summed E-state index contributed by atoms with van der Waals surface area (Å²) in [6, 6.07) is 11.1. The number of methoxy groups -OCH3 is 1. The van der Waals surface area contributed by atoms with Gasteiger partial charge in [-0.2, -0.15) is 0 Å². The number of anilines is 1. The molecule has 0 unspecified atom stereocenters. The maximum Gasteiger partial charge on any atom is 0.242 e. The van der Waals surface area contributed by atoms with Crippen molar-refractivity contribution < 1.29 is 22.7 Å². The van der Waals surface area contributed by atoms with Gasteiger partial charge in [-0.05, 0) is 37.1 Å². The maximum absolute atomic E-state index is 13.3. The van der Waals surface area contributed by atoms with Crippen LogP contribution in [0, 0.1) is 0 Å². The van der Waals surface area contributed by atoms with Gasteiger partial charge in [0, 0.05) is 42.2 Å². The Labute approximate surface area is 217 Å². The Morgan fingerprint density at radius 2 is 1.71 bits per heavy atom. The van der Waals surface area contributed by atoms with E-state index in [0.717, 1.165) is 6.26 Å². The van der Waals surface area contributed by atoms with Gasteiger partial charge in [0.15, 0.2) is 0 Å². The van der Waals surface area contributed by atoms with E-state index in [1.54, 1.807) is 42.5 Å². The summed E-state index contributed by atoms with van der Waals surface area (Å²) in [6.07, 6.45) is 1.72. The molecular weight excluding hydrogens is 513 g/mol. The van der Waals surface area contributed by atoms with Crippen LogP contribution in [0.2, 0.25) is 10.0 Å². The van der Waals surface area contributed by atoms with Crippen molar-refractivity contribution in [1.82, 2.24) is 10.2 Å². The molecule has 0 bridgehead atoms. The van der Waals surface area contributed by atoms with Crippen molar-refractivity contribution in [2.75, 3.05) is 31.3 Å². The average molecular weight is 545 g/mol. The molecule has 0 aliphatic heterocycles. The van der Waals surface area contributed by atoms with Gasteiger partial charge in [0.1, 0.15) is 11.8 Å². The topological polar surface area (TPSA) is 96.0 Å². The van der Waals surface area contributed by atoms with Gasteiger partial charge >= 0.3 is 0 Å². The minimum Gasteiger partial charge on any atom is -0.495 e. The van der Waals surface area contributed by atoms with E-state index >= 15 is 0 Å². The lowest BCUT2D eigenvalue weighted by Gasteiger charge is -2.31. The monoisotopic (exact) mass is 543 g/mol. The third-order valence-corrected chi connectivity index (χ3v) is 7.42. The molecular formula is C24H31Cl2N3O5S. The van der Waals surface area contributed by atoms with E-state index in [9.17, 15) is 18.0 Å². The van der Waals surface area contributed by atoms with Crippen molar-refractivity contribution in [2.24, 2.45) is 0 Å². The standard InChI is InChI=1S/C24H31Cl2N3O5S/c1-5-20(24(31)27-2)28(16-17-18(25)10-8-11-19(17)26)23(30)14-9-15-29(35(4,32)33)21-12-6-7-13-22(21)34-3/h6-8,10-13,20H,5,9,14-16H2,1-4H3,(H,27,31)/t20-/m0/s1. The Morgan fingerprint density at radius 1 is 1.09 bits per heavy atom. The first kappa shape index (κ1) is 28.7. The molecule has 35 heavy (non-hydrogen) atoms. The number of ether oxygens (including phenoxy) is 1. The van der Waals surface area contributed by atoms with Gasteiger partial charge in [-0.3, -0.25) is 13.9 Å². The number of carbonyl (C=O) groups excluding carboxylic acids is 2. The van der Waals surface area contributed by atoms with E-state index in [2.05, 4.69) is 5.32 Å². The van der Waals surface area contributed by atoms with E-state index in [1.807, 2.05) is 6.92 Å². The van der Waals surface area contributed by atoms with Gasteiger partial charge in [-0.1, -0.05) is 48.3 Å². The number of likely N-dealkylation sites (N-methyl/N-ethyl adjacent to an activating group) is 1. The van der Waals surface area contributed by atoms with Crippen molar-refractivity contribution in [2.45, 2.75) is 38.8 Å². The van der Waals surface area contributed by atoms with Gasteiger partial charge < -0.3 is 15.0 Å². The lowest BCUT2D eigenvalue weighted by molar-refractivity contribution is -0.141. The summed E-state index contributed by atoms with van der Waals surface area (Å²) in [5, 5.41) is 3.38. The second-order valence-corrected chi connectivity index (χ2v) is 10.6. The number of nitrogens with one attached hydrogen (secondary N) is 1. The number of halogens is 2. The molecule has 0 aliphatic rings. The maximum atomic E-state index is 13.3. The van der Waals surface area contributed by atoms with Crippen LogP contribution in [0.4, 0.5) is 5.69 Å². The highest BCUT2D eigenvalue weighted by Gasteiger charge is 2.29. The first-order valence-electron chi connectivity index (χ1n) is 11.1. The molecule has 2 rings (SSSR count). The number of hydrogen-bond acceptors (Lipinski definition) is 5. The van der Waals surface area contributed by atoms with Crippen LogP contribution < -0.4 is 14.4 Å². The van der Waals surface area contributed by atoms with E-state index in [0.29, 0.717) is 33.5 Å². The van der Waals surface area contributed by atoms with Gasteiger partial charge in [-0.15, -0.1) is 0 Å². The number of amides is 2. The quantitative estimate of drug-likeness (QED) is 0.434. The van der Waals surface area contributed by atoms with Crippen molar-refractivity contribution in [3.63, 3.8) is 0 Å². The number of nitrogens with zero attached hydrogens (tertiary/aromatic N) is 2. The molecule has 2 aromatic carbocycles. The van der Waals surface area contributed by atoms with E-state index < -0.39 is 16.1 Å². The molecule has 0 radical (unpaired) electrons. The first-order chi connectivity index (χ1) is 16.5. The summed E-state index contributed by atoms with van der Waals surface area (Å²) in [4.78, 5) is 27.3. The predicted molar refractivity (Wildman–Crippen MR) is 140 cm³/mol. The van der Waals surface area contributed by atoms with E-state index in [-0.39, 0.29) is 37.7 Å². The Kier molecular flexibility index (Phi) is 10.7. The number of rotatable bonds is 12. The van der Waals surface area contributed by atoms with Gasteiger partial charge in [0.25, 0.3) is 0 Å². The second kappa shape index (κ2) is 13.0. The zero-order chi connectivity index (χ0) is 26.2. The Morgan fingerprint density at radius 3 is 2.26 bits per heavy atom. The summed E-state index contributed by atoms with van der Waals surface area (Å²) in [7, 11) is -0.668. The van der Waals surface area contributed by atoms with Gasteiger partial charge in [0.2, 0.25) is 21.8 Å². The highest BCUT2D eigenvalue weighted by Crippen LogP contribution is 2.30. The van der Waals surface area contributed by atoms with Crippen LogP contribution in [-0.4, -0.2) is 58.1 Å². The van der Waals surface area contributed by atoms with Crippen LogP contribution in [0.3, 0.4) is 0 Å². The number of hydrogen-bond donors (Lipinski definition) is 1. The number of sulfonamides is 1. The van der Waals surface area contributed by atoms with Crippen molar-refractivity contribution in [1.29, 1.82) is 0 Å². The molecule has 0 heterocycles.